The number of aromatic nitrogens is 2. The fourth-order valence-corrected chi connectivity index (χ4v) is 3.93. The lowest BCUT2D eigenvalue weighted by molar-refractivity contribution is 0.123. The van der Waals surface area contributed by atoms with Crippen LogP contribution in [0.1, 0.15) is 37.8 Å². The highest BCUT2D eigenvalue weighted by molar-refractivity contribution is 5.73. The van der Waals surface area contributed by atoms with Crippen LogP contribution < -0.4 is 15.5 Å². The van der Waals surface area contributed by atoms with Gasteiger partial charge in [0.25, 0.3) is 0 Å². The number of ether oxygens (including phenoxy) is 1. The van der Waals surface area contributed by atoms with E-state index in [9.17, 15) is 0 Å². The van der Waals surface area contributed by atoms with E-state index in [1.54, 1.807) is 0 Å². The Balaban J connectivity index is 1.52. The Morgan fingerprint density at radius 1 is 1.04 bits per heavy atom. The van der Waals surface area contributed by atoms with Crippen LogP contribution >= 0.6 is 0 Å². The SMILES string of the molecule is Cc1cc(NC2CCCCC2)nc(Nc2ccccc2N2CCOCC2)n1. The quantitative estimate of drug-likeness (QED) is 0.829. The normalized spacial score (nSPS) is 18.3. The smallest absolute Gasteiger partial charge is 0.229 e. The summed E-state index contributed by atoms with van der Waals surface area (Å²) in [5.41, 5.74) is 3.18. The van der Waals surface area contributed by atoms with Crippen molar-refractivity contribution in [2.75, 3.05) is 41.8 Å². The molecule has 1 saturated heterocycles. The largest absolute Gasteiger partial charge is 0.378 e. The fraction of sp³-hybridized carbons (Fsp3) is 0.524. The molecular formula is C21H29N5O. The summed E-state index contributed by atoms with van der Waals surface area (Å²) in [4.78, 5) is 11.7. The first-order valence-electron chi connectivity index (χ1n) is 10.1. The number of rotatable bonds is 5. The first kappa shape index (κ1) is 18.0. The Morgan fingerprint density at radius 2 is 1.81 bits per heavy atom. The van der Waals surface area contributed by atoms with Crippen molar-refractivity contribution in [1.82, 2.24) is 9.97 Å². The van der Waals surface area contributed by atoms with Crippen LogP contribution in [-0.4, -0.2) is 42.3 Å². The van der Waals surface area contributed by atoms with E-state index in [4.69, 9.17) is 9.72 Å². The molecule has 1 aromatic carbocycles. The van der Waals surface area contributed by atoms with Crippen LogP contribution in [0.25, 0.3) is 0 Å². The monoisotopic (exact) mass is 367 g/mol. The van der Waals surface area contributed by atoms with Gasteiger partial charge in [-0.05, 0) is 31.9 Å². The average molecular weight is 367 g/mol. The van der Waals surface area contributed by atoms with Crippen molar-refractivity contribution >= 4 is 23.1 Å². The summed E-state index contributed by atoms with van der Waals surface area (Å²) in [5, 5.41) is 7.05. The van der Waals surface area contributed by atoms with Gasteiger partial charge < -0.3 is 20.3 Å². The minimum atomic E-state index is 0.529. The van der Waals surface area contributed by atoms with Crippen LogP contribution in [0.15, 0.2) is 30.3 Å². The first-order chi connectivity index (χ1) is 13.3. The van der Waals surface area contributed by atoms with E-state index >= 15 is 0 Å². The van der Waals surface area contributed by atoms with Crippen LogP contribution in [0, 0.1) is 6.92 Å². The Hall–Kier alpha value is -2.34. The van der Waals surface area contributed by atoms with Gasteiger partial charge in [0.15, 0.2) is 0 Å². The average Bonchev–Trinajstić information content (AvgIpc) is 2.69. The fourth-order valence-electron chi connectivity index (χ4n) is 3.93. The molecule has 0 bridgehead atoms. The molecule has 2 aromatic rings. The zero-order chi connectivity index (χ0) is 18.5. The predicted octanol–water partition coefficient (Wildman–Crippen LogP) is 4.11. The molecule has 2 fully saturated rings. The second-order valence-corrected chi connectivity index (χ2v) is 7.44. The number of morpholine rings is 1. The molecule has 27 heavy (non-hydrogen) atoms. The van der Waals surface area contributed by atoms with E-state index in [1.807, 2.05) is 19.1 Å². The van der Waals surface area contributed by atoms with Gasteiger partial charge in [-0.2, -0.15) is 4.98 Å². The van der Waals surface area contributed by atoms with E-state index in [0.717, 1.165) is 43.5 Å². The van der Waals surface area contributed by atoms with Crippen molar-refractivity contribution in [3.8, 4) is 0 Å². The number of anilines is 4. The highest BCUT2D eigenvalue weighted by atomic mass is 16.5. The zero-order valence-electron chi connectivity index (χ0n) is 16.1. The molecule has 1 aliphatic heterocycles. The van der Waals surface area contributed by atoms with Gasteiger partial charge in [0.2, 0.25) is 5.95 Å². The molecule has 2 N–H and O–H groups in total. The predicted molar refractivity (Wildman–Crippen MR) is 110 cm³/mol. The maximum absolute atomic E-state index is 5.49. The second kappa shape index (κ2) is 8.57. The number of nitrogens with zero attached hydrogens (tertiary/aromatic N) is 3. The van der Waals surface area contributed by atoms with Crippen molar-refractivity contribution < 1.29 is 4.74 Å². The molecule has 1 aliphatic carbocycles. The molecule has 0 spiro atoms. The molecule has 0 amide bonds. The lowest BCUT2D eigenvalue weighted by Gasteiger charge is -2.30. The third-order valence-electron chi connectivity index (χ3n) is 5.31. The van der Waals surface area contributed by atoms with E-state index in [1.165, 1.54) is 37.8 Å². The Morgan fingerprint density at radius 3 is 2.63 bits per heavy atom. The van der Waals surface area contributed by atoms with Crippen LogP contribution in [0.3, 0.4) is 0 Å². The van der Waals surface area contributed by atoms with Crippen LogP contribution in [0.5, 0.6) is 0 Å². The molecule has 6 nitrogen and oxygen atoms in total. The van der Waals surface area contributed by atoms with Crippen molar-refractivity contribution in [3.63, 3.8) is 0 Å². The van der Waals surface area contributed by atoms with Gasteiger partial charge >= 0.3 is 0 Å². The maximum Gasteiger partial charge on any atom is 0.229 e. The summed E-state index contributed by atoms with van der Waals surface area (Å²) in [5.74, 6) is 1.56. The summed E-state index contributed by atoms with van der Waals surface area (Å²) in [6, 6.07) is 10.9. The van der Waals surface area contributed by atoms with Gasteiger partial charge in [-0.15, -0.1) is 0 Å². The lowest BCUT2D eigenvalue weighted by Crippen LogP contribution is -2.36. The number of hydrogen-bond donors (Lipinski definition) is 2. The molecule has 1 saturated carbocycles. The maximum atomic E-state index is 5.49. The van der Waals surface area contributed by atoms with Crippen LogP contribution in [0.2, 0.25) is 0 Å². The number of benzene rings is 1. The van der Waals surface area contributed by atoms with E-state index in [2.05, 4.69) is 38.7 Å². The molecule has 2 heterocycles. The minimum absolute atomic E-state index is 0.529. The molecular weight excluding hydrogens is 338 g/mol. The summed E-state index contributed by atoms with van der Waals surface area (Å²) in [6.45, 7) is 5.37. The molecule has 144 valence electrons. The minimum Gasteiger partial charge on any atom is -0.378 e. The van der Waals surface area contributed by atoms with Crippen LogP contribution in [-0.2, 0) is 4.74 Å². The first-order valence-corrected chi connectivity index (χ1v) is 10.1. The van der Waals surface area contributed by atoms with Gasteiger partial charge in [0.1, 0.15) is 5.82 Å². The summed E-state index contributed by atoms with van der Waals surface area (Å²) in [7, 11) is 0. The lowest BCUT2D eigenvalue weighted by atomic mass is 9.95. The number of aryl methyl sites for hydroxylation is 1. The summed E-state index contributed by atoms with van der Waals surface area (Å²) >= 11 is 0. The Kier molecular flexibility index (Phi) is 5.72. The van der Waals surface area contributed by atoms with Gasteiger partial charge in [0.05, 0.1) is 24.6 Å². The number of hydrogen-bond acceptors (Lipinski definition) is 6. The molecule has 0 unspecified atom stereocenters. The van der Waals surface area contributed by atoms with Crippen LogP contribution in [0.4, 0.5) is 23.1 Å². The molecule has 6 heteroatoms. The van der Waals surface area contributed by atoms with Crippen molar-refractivity contribution in [2.24, 2.45) is 0 Å². The summed E-state index contributed by atoms with van der Waals surface area (Å²) in [6.07, 6.45) is 6.42. The van der Waals surface area contributed by atoms with E-state index < -0.39 is 0 Å². The van der Waals surface area contributed by atoms with Gasteiger partial charge in [-0.1, -0.05) is 31.4 Å². The Labute approximate surface area is 161 Å². The second-order valence-electron chi connectivity index (χ2n) is 7.44. The van der Waals surface area contributed by atoms with Crippen molar-refractivity contribution in [3.05, 3.63) is 36.0 Å². The number of nitrogens with one attached hydrogen (secondary N) is 2. The highest BCUT2D eigenvalue weighted by Crippen LogP contribution is 2.29. The van der Waals surface area contributed by atoms with E-state index in [-0.39, 0.29) is 0 Å². The molecule has 0 atom stereocenters. The molecule has 4 rings (SSSR count). The number of para-hydroxylation sites is 2. The van der Waals surface area contributed by atoms with Gasteiger partial charge in [-0.25, -0.2) is 4.98 Å². The highest BCUT2D eigenvalue weighted by Gasteiger charge is 2.17. The van der Waals surface area contributed by atoms with E-state index in [0.29, 0.717) is 12.0 Å². The molecule has 0 radical (unpaired) electrons. The zero-order valence-corrected chi connectivity index (χ0v) is 16.1. The molecule has 2 aliphatic rings. The topological polar surface area (TPSA) is 62.3 Å². The Bertz CT molecular complexity index is 754. The van der Waals surface area contributed by atoms with Crippen molar-refractivity contribution in [1.29, 1.82) is 0 Å². The third kappa shape index (κ3) is 4.69. The van der Waals surface area contributed by atoms with Crippen molar-refractivity contribution in [2.45, 2.75) is 45.1 Å². The third-order valence-corrected chi connectivity index (χ3v) is 5.31. The molecule has 1 aromatic heterocycles. The van der Waals surface area contributed by atoms with Gasteiger partial charge in [0, 0.05) is 30.9 Å². The standard InChI is InChI=1S/C21H29N5O/c1-16-15-20(23-17-7-3-2-4-8-17)25-21(22-16)24-18-9-5-6-10-19(18)26-11-13-27-14-12-26/h5-6,9-10,15,17H,2-4,7-8,11-14H2,1H3,(H2,22,23,24,25). The van der Waals surface area contributed by atoms with Gasteiger partial charge in [-0.3, -0.25) is 0 Å². The summed E-state index contributed by atoms with van der Waals surface area (Å²) < 4.78 is 5.49.